The van der Waals surface area contributed by atoms with Crippen molar-refractivity contribution in [2.45, 2.75) is 34.1 Å². The van der Waals surface area contributed by atoms with Crippen molar-refractivity contribution in [3.63, 3.8) is 0 Å². The van der Waals surface area contributed by atoms with Crippen LogP contribution in [0.15, 0.2) is 12.4 Å². The van der Waals surface area contributed by atoms with Gasteiger partial charge in [0.05, 0.1) is 6.54 Å². The van der Waals surface area contributed by atoms with Gasteiger partial charge in [-0.15, -0.1) is 0 Å². The fraction of sp³-hybridized carbons (Fsp3) is 0.667. The van der Waals surface area contributed by atoms with Gasteiger partial charge in [0.15, 0.2) is 0 Å². The van der Waals surface area contributed by atoms with Crippen molar-refractivity contribution in [2.75, 3.05) is 44.2 Å². The second-order valence-electron chi connectivity index (χ2n) is 8.15. The lowest BCUT2D eigenvalue weighted by atomic mass is 9.92. The molecule has 142 valence electrons. The van der Waals surface area contributed by atoms with Gasteiger partial charge in [-0.25, -0.2) is 4.98 Å². The molecule has 2 aromatic rings. The Bertz CT molecular complexity index is 756. The summed E-state index contributed by atoms with van der Waals surface area (Å²) >= 11 is 0. The standard InChI is InChI=1S/C18H29N7O/c1-14-11-16(25-17(22-14)20-13-21-25)24-9-7-23(8-10-24)12-15(26)19-6-5-18(2,3)4/h11,13H,5-10,12H2,1-4H3,(H,19,26). The molecule has 8 heteroatoms. The molecular weight excluding hydrogens is 330 g/mol. The normalized spacial score (nSPS) is 16.2. The van der Waals surface area contributed by atoms with Crippen molar-refractivity contribution >= 4 is 17.5 Å². The lowest BCUT2D eigenvalue weighted by molar-refractivity contribution is -0.122. The van der Waals surface area contributed by atoms with Crippen LogP contribution in [0.2, 0.25) is 0 Å². The number of rotatable bonds is 5. The van der Waals surface area contributed by atoms with Gasteiger partial charge in [0.25, 0.3) is 5.78 Å². The first-order valence-corrected chi connectivity index (χ1v) is 9.23. The van der Waals surface area contributed by atoms with E-state index in [4.69, 9.17) is 0 Å². The number of piperazine rings is 1. The lowest BCUT2D eigenvalue weighted by Crippen LogP contribution is -2.50. The molecule has 1 aliphatic rings. The minimum atomic E-state index is 0.112. The van der Waals surface area contributed by atoms with Crippen LogP contribution >= 0.6 is 0 Å². The highest BCUT2D eigenvalue weighted by Crippen LogP contribution is 2.18. The number of aromatic nitrogens is 4. The first-order chi connectivity index (χ1) is 12.3. The molecule has 8 nitrogen and oxygen atoms in total. The molecule has 3 rings (SSSR count). The highest BCUT2D eigenvalue weighted by atomic mass is 16.2. The number of nitrogens with zero attached hydrogens (tertiary/aromatic N) is 6. The molecule has 3 heterocycles. The molecular formula is C18H29N7O. The summed E-state index contributed by atoms with van der Waals surface area (Å²) in [6.07, 6.45) is 2.52. The summed E-state index contributed by atoms with van der Waals surface area (Å²) in [7, 11) is 0. The van der Waals surface area contributed by atoms with E-state index in [2.05, 4.69) is 51.0 Å². The molecule has 1 aliphatic heterocycles. The van der Waals surface area contributed by atoms with E-state index >= 15 is 0 Å². The fourth-order valence-electron chi connectivity index (χ4n) is 3.11. The molecule has 1 saturated heterocycles. The number of amides is 1. The van der Waals surface area contributed by atoms with E-state index in [1.165, 1.54) is 6.33 Å². The second-order valence-corrected chi connectivity index (χ2v) is 8.15. The van der Waals surface area contributed by atoms with E-state index in [1.807, 2.05) is 13.0 Å². The van der Waals surface area contributed by atoms with Gasteiger partial charge >= 0.3 is 0 Å². The van der Waals surface area contributed by atoms with E-state index in [1.54, 1.807) is 4.52 Å². The zero-order chi connectivity index (χ0) is 18.7. The van der Waals surface area contributed by atoms with Crippen LogP contribution in [0.1, 0.15) is 32.9 Å². The predicted molar refractivity (Wildman–Crippen MR) is 101 cm³/mol. The molecule has 1 fully saturated rings. The van der Waals surface area contributed by atoms with Crippen LogP contribution in [-0.2, 0) is 4.79 Å². The van der Waals surface area contributed by atoms with Crippen LogP contribution in [0.3, 0.4) is 0 Å². The second kappa shape index (κ2) is 7.57. The van der Waals surface area contributed by atoms with Crippen LogP contribution < -0.4 is 10.2 Å². The zero-order valence-corrected chi connectivity index (χ0v) is 16.2. The van der Waals surface area contributed by atoms with Gasteiger partial charge in [-0.3, -0.25) is 9.69 Å². The number of carbonyl (C=O) groups is 1. The Morgan fingerprint density at radius 2 is 1.96 bits per heavy atom. The van der Waals surface area contributed by atoms with Crippen molar-refractivity contribution in [3.8, 4) is 0 Å². The quantitative estimate of drug-likeness (QED) is 0.861. The minimum absolute atomic E-state index is 0.112. The van der Waals surface area contributed by atoms with Crippen molar-refractivity contribution in [1.82, 2.24) is 29.8 Å². The fourth-order valence-corrected chi connectivity index (χ4v) is 3.11. The van der Waals surface area contributed by atoms with E-state index in [9.17, 15) is 4.79 Å². The van der Waals surface area contributed by atoms with Crippen LogP contribution in [-0.4, -0.2) is 69.7 Å². The van der Waals surface area contributed by atoms with E-state index in [-0.39, 0.29) is 11.3 Å². The largest absolute Gasteiger partial charge is 0.355 e. The van der Waals surface area contributed by atoms with Crippen molar-refractivity contribution < 1.29 is 4.79 Å². The molecule has 0 unspecified atom stereocenters. The number of nitrogens with one attached hydrogen (secondary N) is 1. The smallest absolute Gasteiger partial charge is 0.254 e. The molecule has 0 radical (unpaired) electrons. The van der Waals surface area contributed by atoms with Gasteiger partial charge in [-0.1, -0.05) is 20.8 Å². The third-order valence-corrected chi connectivity index (χ3v) is 4.62. The SMILES string of the molecule is Cc1cc(N2CCN(CC(=O)NCCC(C)(C)C)CC2)n2ncnc2n1. The summed E-state index contributed by atoms with van der Waals surface area (Å²) in [5.41, 5.74) is 1.18. The summed E-state index contributed by atoms with van der Waals surface area (Å²) in [4.78, 5) is 25.2. The highest BCUT2D eigenvalue weighted by molar-refractivity contribution is 5.78. The molecule has 2 aromatic heterocycles. The van der Waals surface area contributed by atoms with Crippen molar-refractivity contribution in [2.24, 2.45) is 5.41 Å². The number of carbonyl (C=O) groups excluding carboxylic acids is 1. The van der Waals surface area contributed by atoms with Gasteiger partial charge in [0, 0.05) is 44.5 Å². The number of anilines is 1. The van der Waals surface area contributed by atoms with Crippen LogP contribution in [0, 0.1) is 12.3 Å². The van der Waals surface area contributed by atoms with E-state index in [0.29, 0.717) is 12.3 Å². The Morgan fingerprint density at radius 3 is 2.65 bits per heavy atom. The average Bonchev–Trinajstić information content (AvgIpc) is 3.01. The highest BCUT2D eigenvalue weighted by Gasteiger charge is 2.22. The molecule has 0 aliphatic carbocycles. The summed E-state index contributed by atoms with van der Waals surface area (Å²) < 4.78 is 1.78. The summed E-state index contributed by atoms with van der Waals surface area (Å²) in [6.45, 7) is 13.1. The lowest BCUT2D eigenvalue weighted by Gasteiger charge is -2.35. The van der Waals surface area contributed by atoms with E-state index < -0.39 is 0 Å². The third kappa shape index (κ3) is 4.69. The Hall–Kier alpha value is -2.22. The van der Waals surface area contributed by atoms with Gasteiger partial charge in [-0.05, 0) is 18.8 Å². The van der Waals surface area contributed by atoms with Crippen LogP contribution in [0.4, 0.5) is 5.82 Å². The Balaban J connectivity index is 1.51. The van der Waals surface area contributed by atoms with Crippen LogP contribution in [0.5, 0.6) is 0 Å². The maximum atomic E-state index is 12.1. The molecule has 0 spiro atoms. The molecule has 0 atom stereocenters. The summed E-state index contributed by atoms with van der Waals surface area (Å²) in [6, 6.07) is 2.04. The average molecular weight is 359 g/mol. The molecule has 0 saturated carbocycles. The first kappa shape index (κ1) is 18.6. The Morgan fingerprint density at radius 1 is 1.23 bits per heavy atom. The maximum Gasteiger partial charge on any atom is 0.254 e. The van der Waals surface area contributed by atoms with Crippen LogP contribution in [0.25, 0.3) is 5.78 Å². The number of aryl methyl sites for hydroxylation is 1. The number of hydrogen-bond acceptors (Lipinski definition) is 6. The molecule has 1 amide bonds. The predicted octanol–water partition coefficient (Wildman–Crippen LogP) is 1.11. The summed E-state index contributed by atoms with van der Waals surface area (Å²) in [5.74, 6) is 1.75. The zero-order valence-electron chi connectivity index (χ0n) is 16.2. The van der Waals surface area contributed by atoms with Gasteiger partial charge in [-0.2, -0.15) is 14.6 Å². The number of fused-ring (bicyclic) bond motifs is 1. The van der Waals surface area contributed by atoms with Crippen molar-refractivity contribution in [3.05, 3.63) is 18.1 Å². The Kier molecular flexibility index (Phi) is 5.41. The molecule has 1 N–H and O–H groups in total. The monoisotopic (exact) mass is 359 g/mol. The maximum absolute atomic E-state index is 12.1. The molecule has 26 heavy (non-hydrogen) atoms. The topological polar surface area (TPSA) is 78.7 Å². The Labute approximate surface area is 154 Å². The first-order valence-electron chi connectivity index (χ1n) is 9.23. The molecule has 0 aromatic carbocycles. The number of hydrogen-bond donors (Lipinski definition) is 1. The molecule has 0 bridgehead atoms. The van der Waals surface area contributed by atoms with Gasteiger partial charge < -0.3 is 10.2 Å². The van der Waals surface area contributed by atoms with Crippen molar-refractivity contribution in [1.29, 1.82) is 0 Å². The van der Waals surface area contributed by atoms with E-state index in [0.717, 1.165) is 50.7 Å². The minimum Gasteiger partial charge on any atom is -0.355 e. The van der Waals surface area contributed by atoms with Gasteiger partial charge in [0.2, 0.25) is 5.91 Å². The third-order valence-electron chi connectivity index (χ3n) is 4.62. The summed E-state index contributed by atoms with van der Waals surface area (Å²) in [5, 5.41) is 7.31. The van der Waals surface area contributed by atoms with Gasteiger partial charge in [0.1, 0.15) is 12.1 Å².